The fourth-order valence-electron chi connectivity index (χ4n) is 5.08. The van der Waals surface area contributed by atoms with E-state index in [2.05, 4.69) is 37.3 Å². The highest BCUT2D eigenvalue weighted by Gasteiger charge is 2.48. The highest BCUT2D eigenvalue weighted by Crippen LogP contribution is 2.49. The Bertz CT molecular complexity index is 1520. The van der Waals surface area contributed by atoms with Gasteiger partial charge in [0.05, 0.1) is 32.3 Å². The molecule has 2 aromatic heterocycles. The van der Waals surface area contributed by atoms with Crippen LogP contribution in [0, 0.1) is 12.7 Å². The van der Waals surface area contributed by atoms with Gasteiger partial charge in [-0.1, -0.05) is 42.0 Å². The van der Waals surface area contributed by atoms with Crippen LogP contribution in [0.4, 0.5) is 4.39 Å². The minimum Gasteiger partial charge on any atom is -0.306 e. The first-order valence-electron chi connectivity index (χ1n) is 12.6. The number of hydrogen-bond acceptors (Lipinski definition) is 4. The SMILES string of the molecule is CCN1C(=O)C2=C(c3ccc(-c4ccc(F)cc4)s3)N(CC)C(=O)C2=C1c1ccc(-c2ccc(C)cc2)s1. The normalized spacial score (nSPS) is 15.4. The minimum absolute atomic E-state index is 0.140. The topological polar surface area (TPSA) is 40.6 Å². The molecular formula is C31H25FN2O2S2. The van der Waals surface area contributed by atoms with E-state index in [0.29, 0.717) is 35.6 Å². The molecule has 0 saturated carbocycles. The Morgan fingerprint density at radius 1 is 0.605 bits per heavy atom. The first-order chi connectivity index (χ1) is 18.4. The molecule has 6 rings (SSSR count). The quantitative estimate of drug-likeness (QED) is 0.255. The first kappa shape index (κ1) is 24.5. The average Bonchev–Trinajstić information content (AvgIpc) is 3.69. The molecule has 4 aromatic rings. The molecule has 0 atom stereocenters. The number of benzene rings is 2. The Morgan fingerprint density at radius 3 is 1.42 bits per heavy atom. The van der Waals surface area contributed by atoms with E-state index in [1.807, 2.05) is 32.0 Å². The third kappa shape index (κ3) is 3.85. The van der Waals surface area contributed by atoms with Gasteiger partial charge in [0.25, 0.3) is 11.8 Å². The van der Waals surface area contributed by atoms with E-state index in [9.17, 15) is 14.0 Å². The fraction of sp³-hybridized carbons (Fsp3) is 0.161. The summed E-state index contributed by atoms with van der Waals surface area (Å²) >= 11 is 3.10. The van der Waals surface area contributed by atoms with Crippen LogP contribution in [-0.2, 0) is 9.59 Å². The number of thiophene rings is 2. The lowest BCUT2D eigenvalue weighted by Crippen LogP contribution is -2.29. The largest absolute Gasteiger partial charge is 0.306 e. The molecule has 2 aliphatic heterocycles. The molecule has 0 aliphatic carbocycles. The number of carbonyl (C=O) groups is 2. The summed E-state index contributed by atoms with van der Waals surface area (Å²) in [7, 11) is 0. The van der Waals surface area contributed by atoms with Crippen LogP contribution in [0.5, 0.6) is 0 Å². The van der Waals surface area contributed by atoms with Gasteiger partial charge in [-0.3, -0.25) is 9.59 Å². The van der Waals surface area contributed by atoms with Crippen LogP contribution in [0.1, 0.15) is 29.2 Å². The van der Waals surface area contributed by atoms with Crippen LogP contribution < -0.4 is 0 Å². The number of fused-ring (bicyclic) bond motifs is 1. The van der Waals surface area contributed by atoms with Gasteiger partial charge in [-0.15, -0.1) is 22.7 Å². The number of amides is 2. The second-order valence-corrected chi connectivity index (χ2v) is 11.4. The Morgan fingerprint density at radius 2 is 1.00 bits per heavy atom. The maximum atomic E-state index is 13.8. The van der Waals surface area contributed by atoms with Crippen LogP contribution >= 0.6 is 22.7 Å². The van der Waals surface area contributed by atoms with E-state index in [0.717, 1.165) is 30.6 Å². The number of rotatable bonds is 6. The Hall–Kier alpha value is -3.81. The number of carbonyl (C=O) groups excluding carboxylic acids is 2. The van der Waals surface area contributed by atoms with E-state index >= 15 is 0 Å². The zero-order valence-electron chi connectivity index (χ0n) is 21.2. The van der Waals surface area contributed by atoms with E-state index < -0.39 is 0 Å². The van der Waals surface area contributed by atoms with Crippen molar-refractivity contribution in [3.8, 4) is 20.9 Å². The monoisotopic (exact) mass is 540 g/mol. The zero-order chi connectivity index (χ0) is 26.6. The maximum Gasteiger partial charge on any atom is 0.261 e. The van der Waals surface area contributed by atoms with Crippen molar-refractivity contribution < 1.29 is 14.0 Å². The van der Waals surface area contributed by atoms with Gasteiger partial charge in [0.1, 0.15) is 5.82 Å². The smallest absolute Gasteiger partial charge is 0.261 e. The van der Waals surface area contributed by atoms with Gasteiger partial charge in [-0.2, -0.15) is 0 Å². The van der Waals surface area contributed by atoms with Crippen molar-refractivity contribution in [3.05, 3.63) is 105 Å². The van der Waals surface area contributed by atoms with Gasteiger partial charge in [0.15, 0.2) is 0 Å². The molecule has 0 fully saturated rings. The maximum absolute atomic E-state index is 13.8. The number of nitrogens with zero attached hydrogens (tertiary/aromatic N) is 2. The Balaban J connectivity index is 1.49. The fourth-order valence-corrected chi connectivity index (χ4v) is 7.23. The number of halogens is 1. The molecule has 2 aliphatic rings. The zero-order valence-corrected chi connectivity index (χ0v) is 22.9. The van der Waals surface area contributed by atoms with Gasteiger partial charge in [-0.25, -0.2) is 4.39 Å². The van der Waals surface area contributed by atoms with E-state index in [1.54, 1.807) is 33.3 Å². The molecule has 0 saturated heterocycles. The lowest BCUT2D eigenvalue weighted by atomic mass is 10.1. The molecule has 0 N–H and O–H groups in total. The summed E-state index contributed by atoms with van der Waals surface area (Å²) in [6.45, 7) is 6.85. The molecule has 2 aromatic carbocycles. The molecule has 190 valence electrons. The van der Waals surface area contributed by atoms with Crippen LogP contribution in [-0.4, -0.2) is 34.7 Å². The molecule has 0 bridgehead atoms. The lowest BCUT2D eigenvalue weighted by molar-refractivity contribution is -0.124. The summed E-state index contributed by atoms with van der Waals surface area (Å²) in [5, 5.41) is 0. The minimum atomic E-state index is -0.286. The standard InChI is InChI=1S/C31H25FN2O2S2/c1-4-33-28(24-16-14-22(37-24)19-8-6-18(3)7-9-19)26-27(31(33)36)29(34(5-2)30(26)35)25-17-15-23(38-25)20-10-12-21(32)13-11-20/h6-17H,4-5H2,1-3H3. The van der Waals surface area contributed by atoms with E-state index in [4.69, 9.17) is 0 Å². The van der Waals surface area contributed by atoms with Gasteiger partial charge in [0.2, 0.25) is 0 Å². The molecule has 4 heterocycles. The number of aryl methyl sites for hydroxylation is 1. The van der Waals surface area contributed by atoms with Crippen molar-refractivity contribution in [1.29, 1.82) is 0 Å². The molecule has 2 amide bonds. The third-order valence-electron chi connectivity index (χ3n) is 6.96. The van der Waals surface area contributed by atoms with Crippen molar-refractivity contribution in [1.82, 2.24) is 9.80 Å². The van der Waals surface area contributed by atoms with E-state index in [-0.39, 0.29) is 17.6 Å². The lowest BCUT2D eigenvalue weighted by Gasteiger charge is -2.22. The molecular weight excluding hydrogens is 515 g/mol. The van der Waals surface area contributed by atoms with Crippen LogP contribution in [0.2, 0.25) is 0 Å². The van der Waals surface area contributed by atoms with Crippen LogP contribution in [0.15, 0.2) is 83.9 Å². The van der Waals surface area contributed by atoms with Crippen molar-refractivity contribution in [2.24, 2.45) is 0 Å². The highest BCUT2D eigenvalue weighted by molar-refractivity contribution is 7.17. The third-order valence-corrected chi connectivity index (χ3v) is 9.24. The van der Waals surface area contributed by atoms with Crippen molar-refractivity contribution in [2.75, 3.05) is 13.1 Å². The summed E-state index contributed by atoms with van der Waals surface area (Å²) in [6.07, 6.45) is 0. The second-order valence-electron chi connectivity index (χ2n) is 9.25. The van der Waals surface area contributed by atoms with Gasteiger partial charge >= 0.3 is 0 Å². The Kier molecular flexibility index (Phi) is 6.13. The number of likely N-dealkylation sites (N-methyl/N-ethyl adjacent to an activating group) is 2. The number of hydrogen-bond donors (Lipinski definition) is 0. The molecule has 0 spiro atoms. The molecule has 7 heteroatoms. The van der Waals surface area contributed by atoms with E-state index in [1.165, 1.54) is 29.0 Å². The predicted octanol–water partition coefficient (Wildman–Crippen LogP) is 7.44. The van der Waals surface area contributed by atoms with Gasteiger partial charge in [-0.05, 0) is 68.3 Å². The molecule has 0 radical (unpaired) electrons. The average molecular weight is 541 g/mol. The van der Waals surface area contributed by atoms with Crippen LogP contribution in [0.3, 0.4) is 0 Å². The van der Waals surface area contributed by atoms with Crippen molar-refractivity contribution in [3.63, 3.8) is 0 Å². The Labute approximate surface area is 229 Å². The van der Waals surface area contributed by atoms with Gasteiger partial charge in [0, 0.05) is 22.8 Å². The van der Waals surface area contributed by atoms with Gasteiger partial charge < -0.3 is 9.80 Å². The molecule has 0 unspecified atom stereocenters. The summed E-state index contributed by atoms with van der Waals surface area (Å²) in [5.41, 5.74) is 5.54. The molecule has 38 heavy (non-hydrogen) atoms. The van der Waals surface area contributed by atoms with Crippen LogP contribution in [0.25, 0.3) is 32.3 Å². The summed E-state index contributed by atoms with van der Waals surface area (Å²) in [6, 6.07) is 22.7. The van der Waals surface area contributed by atoms with Crippen molar-refractivity contribution in [2.45, 2.75) is 20.8 Å². The first-order valence-corrected chi connectivity index (χ1v) is 14.2. The second kappa shape index (κ2) is 9.49. The highest BCUT2D eigenvalue weighted by atomic mass is 32.1. The van der Waals surface area contributed by atoms with Crippen molar-refractivity contribution >= 4 is 45.9 Å². The predicted molar refractivity (Wildman–Crippen MR) is 153 cm³/mol. The summed E-state index contributed by atoms with van der Waals surface area (Å²) in [4.78, 5) is 34.9. The molecule has 4 nitrogen and oxygen atoms in total. The summed E-state index contributed by atoms with van der Waals surface area (Å²) in [5.74, 6) is -0.565. The summed E-state index contributed by atoms with van der Waals surface area (Å²) < 4.78 is 13.4.